The lowest BCUT2D eigenvalue weighted by molar-refractivity contribution is -0.162. The van der Waals surface area contributed by atoms with Gasteiger partial charge in [-0.25, -0.2) is 38.1 Å². The van der Waals surface area contributed by atoms with Crippen LogP contribution in [0.3, 0.4) is 0 Å². The van der Waals surface area contributed by atoms with Crippen LogP contribution >= 0.6 is 104 Å². The zero-order valence-electron chi connectivity index (χ0n) is 62.6. The largest absolute Gasteiger partial charge is 0.481 e. The number of aromatic nitrogens is 3. The molecule has 6 aliphatic heterocycles. The van der Waals surface area contributed by atoms with Crippen molar-refractivity contribution in [2.75, 3.05) is 92.1 Å². The average Bonchev–Trinajstić information content (AvgIpc) is 1.00. The van der Waals surface area contributed by atoms with Crippen LogP contribution in [0.1, 0.15) is 117 Å². The first-order chi connectivity index (χ1) is 54.6. The quantitative estimate of drug-likeness (QED) is 0.0196. The van der Waals surface area contributed by atoms with Crippen LogP contribution in [-0.2, 0) is 57.2 Å². The van der Waals surface area contributed by atoms with E-state index in [-0.39, 0.29) is 92.9 Å². The normalized spacial score (nSPS) is 21.3. The lowest BCUT2D eigenvalue weighted by Gasteiger charge is -2.44. The summed E-state index contributed by atoms with van der Waals surface area (Å²) in [5.41, 5.74) is 3.91. The monoisotopic (exact) mass is 1750 g/mol. The molecule has 0 amide bonds. The molecule has 3 aromatic heterocycles. The predicted molar refractivity (Wildman–Crippen MR) is 432 cm³/mol. The fraction of sp³-hybridized carbons (Fsp3) is 0.447. The van der Waals surface area contributed by atoms with Gasteiger partial charge < -0.3 is 59.7 Å². The molecular weight excluding hydrogens is 1670 g/mol. The number of hydrogen-bond donors (Lipinski definition) is 6. The highest BCUT2D eigenvalue weighted by Gasteiger charge is 2.48. The van der Waals surface area contributed by atoms with Crippen LogP contribution in [-0.4, -0.2) is 221 Å². The number of benzene rings is 3. The van der Waals surface area contributed by atoms with Crippen molar-refractivity contribution in [1.29, 1.82) is 0 Å². The standard InChI is InChI=1S/C28H34Cl2N4O5S.C24H24Cl2F2N4O5S.C24H26Cl2N4O5S/c1-5-38-28(37)22-20(14-34-9-10-39-24(15(2)3)21(34)12-16(4)27(35)36)32-25(26-31-8-11-40-26)33-23(22)18-7-6-17(29)13-19(18)30;1-2-37-23(35)19-16(11-32-6-7-36-12-17(32)24(27,28)10-18(33)34)30-21(22-29-5-8-38-22)31-20(19)14-4-3-13(25)9-15(14)26;1-2-35-24(33)20-18(12-30-8-9-34-13-15(30)4-6-19(31)32)28-22(23-27-7-10-36-23)29-21(20)16-5-3-14(25)11-17(16)26/h6-8,11,13,15-16,21,23-24H,5,9-10,12,14H2,1-4H3,(H,32,33)(H,35,36);3-5,8-9,17,20H,2,6-7,10-12H2,1H3,(H,30,31)(H,33,34);3,5,7,10-11,15,21H,2,4,6,8-9,12-13H2,1H3,(H,28,29)(H,31,32)/t16?,21-,23+,24-;17?,20-;15-,21+/m101/s1. The minimum atomic E-state index is -3.59. The fourth-order valence-corrected chi connectivity index (χ4v) is 17.0. The molecule has 0 aliphatic carbocycles. The second kappa shape index (κ2) is 41.5. The number of carbonyl (C=O) groups excluding carboxylic acids is 3. The Kier molecular flexibility index (Phi) is 32.3. The molecule has 38 heteroatoms. The van der Waals surface area contributed by atoms with Gasteiger partial charge in [0, 0.05) is 156 Å². The number of nitrogens with one attached hydrogen (secondary N) is 3. The molecule has 3 aromatic carbocycles. The van der Waals surface area contributed by atoms with Crippen LogP contribution < -0.4 is 16.0 Å². The molecule has 2 unspecified atom stereocenters. The van der Waals surface area contributed by atoms with Crippen LogP contribution in [0.2, 0.25) is 30.1 Å². The number of nitrogens with zero attached hydrogens (tertiary/aromatic N) is 9. The number of carbonyl (C=O) groups is 6. The number of aliphatic imine (C=N–C) groups is 3. The van der Waals surface area contributed by atoms with E-state index in [0.717, 1.165) is 0 Å². The van der Waals surface area contributed by atoms with Gasteiger partial charge in [0.05, 0.1) is 87.6 Å². The number of alkyl halides is 2. The lowest BCUT2D eigenvalue weighted by atomic mass is 9.89. The minimum Gasteiger partial charge on any atom is -0.481 e. The Labute approximate surface area is 698 Å². The third-order valence-electron chi connectivity index (χ3n) is 19.0. The summed E-state index contributed by atoms with van der Waals surface area (Å²) in [7, 11) is 0. The molecule has 9 heterocycles. The summed E-state index contributed by atoms with van der Waals surface area (Å²) in [5.74, 6) is -7.70. The molecule has 114 heavy (non-hydrogen) atoms. The number of rotatable bonds is 28. The zero-order valence-corrected chi connectivity index (χ0v) is 69.6. The van der Waals surface area contributed by atoms with E-state index in [1.54, 1.807) is 100 Å². The number of esters is 3. The molecule has 0 radical (unpaired) electrons. The van der Waals surface area contributed by atoms with E-state index < -0.39 is 78.2 Å². The summed E-state index contributed by atoms with van der Waals surface area (Å²) in [5, 5.41) is 47.3. The van der Waals surface area contributed by atoms with Crippen molar-refractivity contribution in [3.05, 3.63) is 185 Å². The van der Waals surface area contributed by atoms with Crippen LogP contribution in [0.25, 0.3) is 0 Å². The van der Waals surface area contributed by atoms with E-state index in [9.17, 15) is 47.8 Å². The Bertz CT molecular complexity index is 4620. The molecular formula is C76H84Cl6F2N12O15S3. The minimum absolute atomic E-state index is 0.0244. The second-order valence-electron chi connectivity index (χ2n) is 27.0. The fourth-order valence-electron chi connectivity index (χ4n) is 13.7. The number of hydrogen-bond acceptors (Lipinski definition) is 27. The summed E-state index contributed by atoms with van der Waals surface area (Å²) < 4.78 is 63.3. The van der Waals surface area contributed by atoms with Gasteiger partial charge in [0.25, 0.3) is 5.92 Å². The van der Waals surface area contributed by atoms with Gasteiger partial charge in [0.2, 0.25) is 0 Å². The lowest BCUT2D eigenvalue weighted by Crippen LogP contribution is -2.57. The van der Waals surface area contributed by atoms with E-state index in [0.29, 0.717) is 156 Å². The van der Waals surface area contributed by atoms with Crippen molar-refractivity contribution in [1.82, 2.24) is 45.6 Å². The third kappa shape index (κ3) is 22.8. The highest BCUT2D eigenvalue weighted by molar-refractivity contribution is 7.12. The molecule has 3 saturated heterocycles. The van der Waals surface area contributed by atoms with Crippen molar-refractivity contribution >= 4 is 157 Å². The smallest absolute Gasteiger partial charge is 0.338 e. The molecule has 12 rings (SSSR count). The Hall–Kier alpha value is -7.64. The number of halogens is 8. The number of carboxylic acids is 3. The second-order valence-corrected chi connectivity index (χ2v) is 32.2. The Morgan fingerprint density at radius 1 is 0.561 bits per heavy atom. The van der Waals surface area contributed by atoms with Crippen LogP contribution in [0.15, 0.2) is 138 Å². The van der Waals surface area contributed by atoms with Crippen molar-refractivity contribution < 1.29 is 81.3 Å². The number of aliphatic carboxylic acids is 3. The van der Waals surface area contributed by atoms with Gasteiger partial charge in [-0.05, 0) is 75.9 Å². The molecule has 6 aliphatic rings. The average molecular weight is 1750 g/mol. The number of thiazole rings is 3. The van der Waals surface area contributed by atoms with Crippen LogP contribution in [0, 0.1) is 11.8 Å². The summed E-state index contributed by atoms with van der Waals surface area (Å²) in [6.07, 6.45) is 4.29. The van der Waals surface area contributed by atoms with Crippen molar-refractivity contribution in [2.45, 2.75) is 116 Å². The van der Waals surface area contributed by atoms with Gasteiger partial charge in [-0.2, -0.15) is 0 Å². The predicted octanol–water partition coefficient (Wildman–Crippen LogP) is 13.3. The maximum Gasteiger partial charge on any atom is 0.338 e. The van der Waals surface area contributed by atoms with Crippen molar-refractivity contribution in [3.8, 4) is 0 Å². The van der Waals surface area contributed by atoms with Gasteiger partial charge >= 0.3 is 35.8 Å². The van der Waals surface area contributed by atoms with Gasteiger partial charge in [-0.1, -0.05) is 109 Å². The van der Waals surface area contributed by atoms with Gasteiger partial charge in [0.15, 0.2) is 32.5 Å². The number of carboxylic acid groups (broad SMARTS) is 3. The maximum absolute atomic E-state index is 15.0. The first-order valence-corrected chi connectivity index (χ1v) is 41.3. The molecule has 27 nitrogen and oxygen atoms in total. The Balaban J connectivity index is 0.000000181. The molecule has 3 fully saturated rings. The SMILES string of the molecule is CCOC(=O)C1=C(CN2CCOCC2C(F)(F)CC(=O)O)NC(c2nccs2)=N[C@H]1c1ccc(Cl)cc1Cl.CCOC(=O)C1=C(CN2CCOC[C@H]2CCC(=O)O)NC(c2nccs2)=N[C@H]1c1ccc(Cl)cc1Cl.CCOC(=O)C1=C(CN2CCO[C@H](C(C)C)[C@H]2CC(C)C(=O)O)NC(c2nccs2)=N[C@H]1c1ccc(Cl)cc1Cl. The molecule has 0 bridgehead atoms. The number of amidine groups is 3. The van der Waals surface area contributed by atoms with Crippen LogP contribution in [0.4, 0.5) is 8.78 Å². The molecule has 612 valence electrons. The molecule has 0 saturated carbocycles. The van der Waals surface area contributed by atoms with Gasteiger partial charge in [-0.3, -0.25) is 44.1 Å². The zero-order chi connectivity index (χ0) is 82.1. The molecule has 6 aromatic rings. The van der Waals surface area contributed by atoms with E-state index in [1.165, 1.54) is 45.0 Å². The summed E-state index contributed by atoms with van der Waals surface area (Å²) in [6.45, 7) is 14.4. The molecule has 0 spiro atoms. The van der Waals surface area contributed by atoms with E-state index >= 15 is 0 Å². The Morgan fingerprint density at radius 2 is 0.956 bits per heavy atom. The number of ether oxygens (including phenoxy) is 6. The van der Waals surface area contributed by atoms with Crippen molar-refractivity contribution in [3.63, 3.8) is 0 Å². The first kappa shape index (κ1) is 88.7. The number of morpholine rings is 3. The van der Waals surface area contributed by atoms with Crippen molar-refractivity contribution in [2.24, 2.45) is 26.8 Å². The molecule has 8 atom stereocenters. The summed E-state index contributed by atoms with van der Waals surface area (Å²) >= 11 is 42.3. The Morgan fingerprint density at radius 3 is 1.32 bits per heavy atom. The van der Waals surface area contributed by atoms with E-state index in [4.69, 9.17) is 118 Å². The van der Waals surface area contributed by atoms with Gasteiger partial charge in [-0.15, -0.1) is 34.0 Å². The third-order valence-corrected chi connectivity index (χ3v) is 23.0. The van der Waals surface area contributed by atoms with E-state index in [1.807, 2.05) is 10.8 Å². The molecule has 6 N–H and O–H groups in total. The topological polar surface area (TPSA) is 340 Å². The maximum atomic E-state index is 15.0. The van der Waals surface area contributed by atoms with E-state index in [2.05, 4.69) is 54.5 Å². The highest BCUT2D eigenvalue weighted by Crippen LogP contribution is 2.43. The van der Waals surface area contributed by atoms with Crippen LogP contribution in [0.5, 0.6) is 0 Å². The van der Waals surface area contributed by atoms with Gasteiger partial charge in [0.1, 0.15) is 24.5 Å². The summed E-state index contributed by atoms with van der Waals surface area (Å²) in [6, 6.07) is 10.6. The highest BCUT2D eigenvalue weighted by atomic mass is 35.5. The summed E-state index contributed by atoms with van der Waals surface area (Å²) in [4.78, 5) is 108. The first-order valence-electron chi connectivity index (χ1n) is 36.4.